The van der Waals surface area contributed by atoms with Gasteiger partial charge in [0.2, 0.25) is 5.91 Å². The van der Waals surface area contributed by atoms with Gasteiger partial charge in [0.1, 0.15) is 23.3 Å². The number of ether oxygens (including phenoxy) is 2. The van der Waals surface area contributed by atoms with Crippen LogP contribution in [0, 0.1) is 0 Å². The Labute approximate surface area is 153 Å². The van der Waals surface area contributed by atoms with Gasteiger partial charge in [0, 0.05) is 25.1 Å². The van der Waals surface area contributed by atoms with Gasteiger partial charge in [-0.1, -0.05) is 0 Å². The Morgan fingerprint density at radius 1 is 1.27 bits per heavy atom. The van der Waals surface area contributed by atoms with Crippen LogP contribution in [0.3, 0.4) is 0 Å². The van der Waals surface area contributed by atoms with Crippen molar-refractivity contribution < 1.29 is 23.9 Å². The van der Waals surface area contributed by atoms with E-state index >= 15 is 0 Å². The van der Waals surface area contributed by atoms with Crippen molar-refractivity contribution in [1.82, 2.24) is 10.2 Å². The zero-order valence-electron chi connectivity index (χ0n) is 15.7. The van der Waals surface area contributed by atoms with Gasteiger partial charge in [-0.2, -0.15) is 0 Å². The van der Waals surface area contributed by atoms with Gasteiger partial charge in [-0.25, -0.2) is 0 Å². The van der Waals surface area contributed by atoms with Crippen molar-refractivity contribution in [3.8, 4) is 11.5 Å². The van der Waals surface area contributed by atoms with Crippen LogP contribution in [0.25, 0.3) is 0 Å². The number of hydrogen-bond acceptors (Lipinski definition) is 5. The third-order valence-corrected chi connectivity index (χ3v) is 4.44. The van der Waals surface area contributed by atoms with Crippen molar-refractivity contribution in [1.29, 1.82) is 0 Å². The first kappa shape index (κ1) is 19.8. The fourth-order valence-corrected chi connectivity index (χ4v) is 3.23. The summed E-state index contributed by atoms with van der Waals surface area (Å²) in [6, 6.07) is 4.19. The minimum atomic E-state index is -0.538. The molecule has 1 aliphatic rings. The van der Waals surface area contributed by atoms with E-state index in [0.717, 1.165) is 6.42 Å². The lowest BCUT2D eigenvalue weighted by Crippen LogP contribution is -2.48. The average molecular weight is 362 g/mol. The number of likely N-dealkylation sites (tertiary alicyclic amines) is 1. The lowest BCUT2D eigenvalue weighted by molar-refractivity contribution is -0.125. The monoisotopic (exact) mass is 362 g/mol. The summed E-state index contributed by atoms with van der Waals surface area (Å²) in [7, 11) is 3.03. The minimum Gasteiger partial charge on any atom is -0.497 e. The molecule has 1 fully saturated rings. The molecule has 2 amide bonds. The zero-order valence-corrected chi connectivity index (χ0v) is 15.7. The number of methoxy groups -OCH3 is 2. The Morgan fingerprint density at radius 2 is 2.00 bits per heavy atom. The maximum absolute atomic E-state index is 13.0. The molecule has 1 N–H and O–H groups in total. The van der Waals surface area contributed by atoms with Crippen LogP contribution in [0.15, 0.2) is 18.2 Å². The predicted molar refractivity (Wildman–Crippen MR) is 96.5 cm³/mol. The van der Waals surface area contributed by atoms with Gasteiger partial charge in [-0.05, 0) is 38.8 Å². The molecule has 1 aromatic rings. The largest absolute Gasteiger partial charge is 0.497 e. The number of hydrogen-bond donors (Lipinski definition) is 1. The minimum absolute atomic E-state index is 0.0140. The third-order valence-electron chi connectivity index (χ3n) is 4.44. The molecule has 1 aliphatic heterocycles. The molecule has 0 bridgehead atoms. The average Bonchev–Trinajstić information content (AvgIpc) is 3.09. The van der Waals surface area contributed by atoms with E-state index in [0.29, 0.717) is 30.0 Å². The number of benzene rings is 1. The Balaban J connectivity index is 2.15. The second kappa shape index (κ2) is 8.69. The van der Waals surface area contributed by atoms with Gasteiger partial charge >= 0.3 is 0 Å². The smallest absolute Gasteiger partial charge is 0.258 e. The van der Waals surface area contributed by atoms with Crippen molar-refractivity contribution >= 4 is 17.6 Å². The fourth-order valence-electron chi connectivity index (χ4n) is 3.23. The number of rotatable bonds is 7. The first-order chi connectivity index (χ1) is 12.4. The number of Topliss-reactive ketones (excluding diaryl/α,β-unsaturated/α-hetero) is 1. The molecule has 0 spiro atoms. The number of nitrogens with one attached hydrogen (secondary N) is 1. The predicted octanol–water partition coefficient (Wildman–Crippen LogP) is 1.79. The number of carbonyl (C=O) groups is 3. The van der Waals surface area contributed by atoms with E-state index in [9.17, 15) is 14.4 Å². The molecule has 2 unspecified atom stereocenters. The highest BCUT2D eigenvalue weighted by atomic mass is 16.5. The Hall–Kier alpha value is -2.57. The molecule has 0 saturated carbocycles. The zero-order chi connectivity index (χ0) is 19.3. The second-order valence-corrected chi connectivity index (χ2v) is 6.54. The first-order valence-corrected chi connectivity index (χ1v) is 8.70. The van der Waals surface area contributed by atoms with E-state index in [1.165, 1.54) is 14.0 Å². The molecule has 1 saturated heterocycles. The number of ketones is 1. The molecule has 26 heavy (non-hydrogen) atoms. The standard InChI is InChI=1S/C19H26N2O5/c1-12(10-13(2)22)20-18(23)16-6-5-9-21(16)19(24)15-8-7-14(25-3)11-17(15)26-4/h7-8,11-12,16H,5-6,9-10H2,1-4H3,(H,20,23). The number of amides is 2. The summed E-state index contributed by atoms with van der Waals surface area (Å²) in [5, 5.41) is 2.83. The summed E-state index contributed by atoms with van der Waals surface area (Å²) in [5.74, 6) is 0.538. The summed E-state index contributed by atoms with van der Waals surface area (Å²) in [6.45, 7) is 3.78. The lowest BCUT2D eigenvalue weighted by Gasteiger charge is -2.26. The fraction of sp³-hybridized carbons (Fsp3) is 0.526. The summed E-state index contributed by atoms with van der Waals surface area (Å²) in [4.78, 5) is 38.3. The van der Waals surface area contributed by atoms with Gasteiger partial charge in [-0.3, -0.25) is 14.4 Å². The second-order valence-electron chi connectivity index (χ2n) is 6.54. The van der Waals surface area contributed by atoms with Crippen molar-refractivity contribution in [2.24, 2.45) is 0 Å². The van der Waals surface area contributed by atoms with E-state index in [-0.39, 0.29) is 30.1 Å². The van der Waals surface area contributed by atoms with Gasteiger partial charge < -0.3 is 19.7 Å². The Morgan fingerprint density at radius 3 is 2.62 bits per heavy atom. The van der Waals surface area contributed by atoms with Crippen LogP contribution in [0.1, 0.15) is 43.5 Å². The normalized spacial score (nSPS) is 17.5. The van der Waals surface area contributed by atoms with Gasteiger partial charge in [0.25, 0.3) is 5.91 Å². The van der Waals surface area contributed by atoms with Gasteiger partial charge in [-0.15, -0.1) is 0 Å². The van der Waals surface area contributed by atoms with E-state index in [1.807, 2.05) is 0 Å². The Bertz CT molecular complexity index is 689. The summed E-state index contributed by atoms with van der Waals surface area (Å²) in [6.07, 6.45) is 1.63. The highest BCUT2D eigenvalue weighted by molar-refractivity contribution is 6.00. The van der Waals surface area contributed by atoms with Crippen LogP contribution in [0.2, 0.25) is 0 Å². The Kier molecular flexibility index (Phi) is 6.60. The molecular formula is C19H26N2O5. The summed E-state index contributed by atoms with van der Waals surface area (Å²) >= 11 is 0. The molecule has 0 radical (unpaired) electrons. The SMILES string of the molecule is COc1ccc(C(=O)N2CCCC2C(=O)NC(C)CC(C)=O)c(OC)c1. The van der Waals surface area contributed by atoms with Gasteiger partial charge in [0.05, 0.1) is 19.8 Å². The molecule has 0 aliphatic carbocycles. The maximum Gasteiger partial charge on any atom is 0.258 e. The number of nitrogens with zero attached hydrogens (tertiary/aromatic N) is 1. The molecule has 1 heterocycles. The number of carbonyl (C=O) groups excluding carboxylic acids is 3. The van der Waals surface area contributed by atoms with Crippen LogP contribution in [0.4, 0.5) is 0 Å². The van der Waals surface area contributed by atoms with Gasteiger partial charge in [0.15, 0.2) is 0 Å². The molecule has 0 aromatic heterocycles. The van der Waals surface area contributed by atoms with E-state index in [2.05, 4.69) is 5.32 Å². The van der Waals surface area contributed by atoms with Crippen LogP contribution in [-0.2, 0) is 9.59 Å². The molecule has 2 rings (SSSR count). The third kappa shape index (κ3) is 4.53. The summed E-state index contributed by atoms with van der Waals surface area (Å²) in [5.41, 5.74) is 0.393. The molecule has 1 aromatic carbocycles. The van der Waals surface area contributed by atoms with E-state index < -0.39 is 6.04 Å². The topological polar surface area (TPSA) is 84.9 Å². The lowest BCUT2D eigenvalue weighted by atomic mass is 10.1. The molecule has 7 heteroatoms. The van der Waals surface area contributed by atoms with Crippen molar-refractivity contribution in [3.63, 3.8) is 0 Å². The maximum atomic E-state index is 13.0. The van der Waals surface area contributed by atoms with E-state index in [1.54, 1.807) is 37.1 Å². The van der Waals surface area contributed by atoms with Crippen LogP contribution in [0.5, 0.6) is 11.5 Å². The van der Waals surface area contributed by atoms with Crippen LogP contribution >= 0.6 is 0 Å². The molecule has 7 nitrogen and oxygen atoms in total. The summed E-state index contributed by atoms with van der Waals surface area (Å²) < 4.78 is 10.5. The van der Waals surface area contributed by atoms with Crippen LogP contribution < -0.4 is 14.8 Å². The van der Waals surface area contributed by atoms with Crippen LogP contribution in [-0.4, -0.2) is 55.3 Å². The molecule has 142 valence electrons. The van der Waals surface area contributed by atoms with E-state index in [4.69, 9.17) is 9.47 Å². The van der Waals surface area contributed by atoms with Crippen molar-refractivity contribution in [3.05, 3.63) is 23.8 Å². The molecule has 2 atom stereocenters. The highest BCUT2D eigenvalue weighted by Crippen LogP contribution is 2.28. The first-order valence-electron chi connectivity index (χ1n) is 8.70. The van der Waals surface area contributed by atoms with Crippen molar-refractivity contribution in [2.45, 2.75) is 45.2 Å². The molecular weight excluding hydrogens is 336 g/mol. The highest BCUT2D eigenvalue weighted by Gasteiger charge is 2.36. The van der Waals surface area contributed by atoms with Crippen molar-refractivity contribution in [2.75, 3.05) is 20.8 Å². The quantitative estimate of drug-likeness (QED) is 0.799.